The van der Waals surface area contributed by atoms with Crippen LogP contribution in [0.15, 0.2) is 16.3 Å². The maximum Gasteiger partial charge on any atom is 0.252 e. The largest absolute Gasteiger partial charge is 0.319 e. The molecule has 2 rings (SSSR count). The lowest BCUT2D eigenvalue weighted by Crippen LogP contribution is -2.42. The highest BCUT2D eigenvalue weighted by atomic mass is 32.2. The topological polar surface area (TPSA) is 73.2 Å². The lowest BCUT2D eigenvalue weighted by atomic mass is 10.00. The molecule has 1 aliphatic heterocycles. The molecule has 1 aromatic rings. The quantitative estimate of drug-likeness (QED) is 0.908. The van der Waals surface area contributed by atoms with E-state index in [1.54, 1.807) is 10.4 Å². The second kappa shape index (κ2) is 6.01. The van der Waals surface area contributed by atoms with Crippen LogP contribution in [0.2, 0.25) is 0 Å². The number of nitriles is 1. The summed E-state index contributed by atoms with van der Waals surface area (Å²) in [6, 6.07) is 5.07. The highest BCUT2D eigenvalue weighted by molar-refractivity contribution is 7.91. The van der Waals surface area contributed by atoms with Gasteiger partial charge in [0.25, 0.3) is 10.0 Å². The third kappa shape index (κ3) is 3.15. The van der Waals surface area contributed by atoms with Crippen molar-refractivity contribution in [1.29, 1.82) is 5.26 Å². The molecule has 0 amide bonds. The van der Waals surface area contributed by atoms with E-state index in [0.29, 0.717) is 23.9 Å². The van der Waals surface area contributed by atoms with Gasteiger partial charge in [-0.15, -0.1) is 11.3 Å². The van der Waals surface area contributed by atoms with Gasteiger partial charge in [0.05, 0.1) is 0 Å². The summed E-state index contributed by atoms with van der Waals surface area (Å²) >= 11 is 1.04. The first kappa shape index (κ1) is 14.5. The monoisotopic (exact) mass is 299 g/mol. The number of thiophene rings is 1. The average molecular weight is 299 g/mol. The lowest BCUT2D eigenvalue weighted by Gasteiger charge is -2.31. The first-order valence-corrected chi connectivity index (χ1v) is 8.48. The van der Waals surface area contributed by atoms with Crippen molar-refractivity contribution in [2.24, 2.45) is 5.92 Å². The molecule has 0 aliphatic carbocycles. The zero-order valence-corrected chi connectivity index (χ0v) is 12.4. The van der Waals surface area contributed by atoms with Crippen LogP contribution >= 0.6 is 11.3 Å². The number of sulfonamides is 1. The Morgan fingerprint density at radius 3 is 3.00 bits per heavy atom. The minimum absolute atomic E-state index is 0.272. The maximum absolute atomic E-state index is 12.5. The molecule has 0 aromatic carbocycles. The van der Waals surface area contributed by atoms with E-state index < -0.39 is 10.0 Å². The molecule has 1 N–H and O–H groups in total. The Kier molecular flexibility index (Phi) is 4.58. The van der Waals surface area contributed by atoms with E-state index in [1.807, 2.05) is 13.1 Å². The van der Waals surface area contributed by atoms with E-state index in [2.05, 4.69) is 5.32 Å². The van der Waals surface area contributed by atoms with Crippen LogP contribution in [0, 0.1) is 17.2 Å². The van der Waals surface area contributed by atoms with E-state index in [9.17, 15) is 8.42 Å². The molecule has 1 aliphatic rings. The van der Waals surface area contributed by atoms with Gasteiger partial charge in [-0.2, -0.15) is 9.57 Å². The van der Waals surface area contributed by atoms with E-state index >= 15 is 0 Å². The summed E-state index contributed by atoms with van der Waals surface area (Å²) in [5, 5.41) is 11.9. The second-order valence-corrected chi connectivity index (χ2v) is 7.91. The summed E-state index contributed by atoms with van der Waals surface area (Å²) in [7, 11) is -1.55. The molecule has 0 radical (unpaired) electrons. The van der Waals surface area contributed by atoms with Crippen LogP contribution in [0.3, 0.4) is 0 Å². The molecular formula is C12H17N3O2S2. The van der Waals surface area contributed by atoms with Gasteiger partial charge in [-0.3, -0.25) is 0 Å². The highest BCUT2D eigenvalue weighted by Crippen LogP contribution is 2.27. The third-order valence-corrected chi connectivity index (χ3v) is 6.58. The fourth-order valence-electron chi connectivity index (χ4n) is 2.35. The van der Waals surface area contributed by atoms with Crippen LogP contribution in [0.1, 0.15) is 17.7 Å². The van der Waals surface area contributed by atoms with Gasteiger partial charge in [-0.1, -0.05) is 0 Å². The van der Waals surface area contributed by atoms with Crippen molar-refractivity contribution in [3.63, 3.8) is 0 Å². The third-order valence-electron chi connectivity index (χ3n) is 3.26. The molecule has 1 atom stereocenters. The van der Waals surface area contributed by atoms with E-state index in [1.165, 1.54) is 6.07 Å². The fourth-order valence-corrected chi connectivity index (χ4v) is 5.16. The van der Waals surface area contributed by atoms with Gasteiger partial charge >= 0.3 is 0 Å². The van der Waals surface area contributed by atoms with E-state index in [4.69, 9.17) is 5.26 Å². The predicted molar refractivity (Wildman–Crippen MR) is 74.4 cm³/mol. The van der Waals surface area contributed by atoms with Crippen molar-refractivity contribution in [1.82, 2.24) is 9.62 Å². The van der Waals surface area contributed by atoms with Crippen molar-refractivity contribution < 1.29 is 8.42 Å². The molecule has 5 nitrogen and oxygen atoms in total. The molecule has 1 fully saturated rings. The van der Waals surface area contributed by atoms with Gasteiger partial charge in [0.2, 0.25) is 0 Å². The van der Waals surface area contributed by atoms with E-state index in [-0.39, 0.29) is 4.21 Å². The number of piperidine rings is 1. The number of nitrogens with zero attached hydrogens (tertiary/aromatic N) is 2. The summed E-state index contributed by atoms with van der Waals surface area (Å²) in [4.78, 5) is 0.433. The Balaban J connectivity index is 2.17. The highest BCUT2D eigenvalue weighted by Gasteiger charge is 2.30. The molecule has 7 heteroatoms. The summed E-state index contributed by atoms with van der Waals surface area (Å²) in [5.41, 5.74) is 0. The molecule has 2 heterocycles. The Morgan fingerprint density at radius 2 is 2.37 bits per heavy atom. The lowest BCUT2D eigenvalue weighted by molar-refractivity contribution is 0.264. The SMILES string of the molecule is CNCC1CCCN(S(=O)(=O)c2ccc(C#N)s2)C1. The van der Waals surface area contributed by atoms with Crippen LogP contribution in [0.4, 0.5) is 0 Å². The summed E-state index contributed by atoms with van der Waals surface area (Å²) in [6.45, 7) is 1.96. The number of hydrogen-bond donors (Lipinski definition) is 1. The maximum atomic E-state index is 12.5. The first-order chi connectivity index (χ1) is 9.07. The van der Waals surface area contributed by atoms with Gasteiger partial charge in [-0.05, 0) is 44.5 Å². The standard InChI is InChI=1S/C12H17N3O2S2/c1-14-8-10-3-2-6-15(9-10)19(16,17)12-5-4-11(7-13)18-12/h4-5,10,14H,2-3,6,8-9H2,1H3. The van der Waals surface area contributed by atoms with Crippen LogP contribution in [0.5, 0.6) is 0 Å². The predicted octanol–water partition coefficient (Wildman–Crippen LogP) is 1.24. The average Bonchev–Trinajstić information content (AvgIpc) is 2.89. The minimum Gasteiger partial charge on any atom is -0.319 e. The molecule has 0 bridgehead atoms. The zero-order chi connectivity index (χ0) is 13.9. The van der Waals surface area contributed by atoms with Gasteiger partial charge in [0, 0.05) is 13.1 Å². The molecule has 1 saturated heterocycles. The summed E-state index contributed by atoms with van der Waals surface area (Å²) in [6.07, 6.45) is 1.95. The van der Waals surface area contributed by atoms with Gasteiger partial charge in [0.1, 0.15) is 15.2 Å². The zero-order valence-electron chi connectivity index (χ0n) is 10.8. The normalized spacial score (nSPS) is 21.2. The molecule has 104 valence electrons. The summed E-state index contributed by atoms with van der Waals surface area (Å²) < 4.78 is 26.8. The van der Waals surface area contributed by atoms with Crippen molar-refractivity contribution in [2.75, 3.05) is 26.7 Å². The van der Waals surface area contributed by atoms with Crippen LogP contribution in [0.25, 0.3) is 0 Å². The Hall–Kier alpha value is -0.940. The van der Waals surface area contributed by atoms with Gasteiger partial charge in [0.15, 0.2) is 0 Å². The molecule has 0 spiro atoms. The number of hydrogen-bond acceptors (Lipinski definition) is 5. The van der Waals surface area contributed by atoms with Gasteiger partial charge < -0.3 is 5.32 Å². The summed E-state index contributed by atoms with van der Waals surface area (Å²) in [5.74, 6) is 0.365. The fraction of sp³-hybridized carbons (Fsp3) is 0.583. The van der Waals surface area contributed by atoms with E-state index in [0.717, 1.165) is 30.7 Å². The Labute approximate surface area is 117 Å². The van der Waals surface area contributed by atoms with Crippen molar-refractivity contribution >= 4 is 21.4 Å². The Morgan fingerprint density at radius 1 is 1.58 bits per heavy atom. The first-order valence-electron chi connectivity index (χ1n) is 6.22. The number of rotatable bonds is 4. The molecule has 0 saturated carbocycles. The molecule has 1 unspecified atom stereocenters. The van der Waals surface area contributed by atoms with Crippen molar-refractivity contribution in [3.05, 3.63) is 17.0 Å². The number of nitrogens with one attached hydrogen (secondary N) is 1. The van der Waals surface area contributed by atoms with Crippen LogP contribution < -0.4 is 5.32 Å². The second-order valence-electron chi connectivity index (χ2n) is 4.66. The molecular weight excluding hydrogens is 282 g/mol. The smallest absolute Gasteiger partial charge is 0.252 e. The van der Waals surface area contributed by atoms with Crippen molar-refractivity contribution in [2.45, 2.75) is 17.1 Å². The molecule has 19 heavy (non-hydrogen) atoms. The van der Waals surface area contributed by atoms with Gasteiger partial charge in [-0.25, -0.2) is 8.42 Å². The van der Waals surface area contributed by atoms with Crippen molar-refractivity contribution in [3.8, 4) is 6.07 Å². The van der Waals surface area contributed by atoms with Crippen LogP contribution in [-0.2, 0) is 10.0 Å². The van der Waals surface area contributed by atoms with Crippen LogP contribution in [-0.4, -0.2) is 39.4 Å². The minimum atomic E-state index is -3.43. The Bertz CT molecular complexity index is 572. The molecule has 1 aromatic heterocycles.